The summed E-state index contributed by atoms with van der Waals surface area (Å²) in [7, 11) is 0. The smallest absolute Gasteiger partial charge is 0.303 e. The van der Waals surface area contributed by atoms with E-state index >= 15 is 0 Å². The predicted octanol–water partition coefficient (Wildman–Crippen LogP) is 1.50. The zero-order chi connectivity index (χ0) is 12.0. The number of esters is 2. The third kappa shape index (κ3) is 4.39. The molecule has 0 aliphatic rings. The number of hydrogen-bond acceptors (Lipinski definition) is 6. The van der Waals surface area contributed by atoms with E-state index < -0.39 is 6.10 Å². The van der Waals surface area contributed by atoms with E-state index in [2.05, 4.69) is 10.5 Å². The molecule has 16 heavy (non-hydrogen) atoms. The molecule has 0 aliphatic heterocycles. The fraction of sp³-hybridized carbons (Fsp3) is 0.500. The van der Waals surface area contributed by atoms with Gasteiger partial charge in [0.1, 0.15) is 6.10 Å². The summed E-state index contributed by atoms with van der Waals surface area (Å²) in [5.41, 5.74) is 3.31. The summed E-state index contributed by atoms with van der Waals surface area (Å²) in [5.74, 6) is -0.743. The first-order valence-corrected chi connectivity index (χ1v) is 5.59. The Kier molecular flexibility index (Phi) is 4.91. The molecule has 1 unspecified atom stereocenters. The summed E-state index contributed by atoms with van der Waals surface area (Å²) in [6, 6.07) is 0. The topological polar surface area (TPSA) is 65.5 Å². The highest BCUT2D eigenvalue weighted by Crippen LogP contribution is 2.21. The first-order chi connectivity index (χ1) is 7.59. The molecule has 0 aliphatic carbocycles. The largest absolute Gasteiger partial charge is 0.466 e. The summed E-state index contributed by atoms with van der Waals surface area (Å²) >= 11 is 1.30. The van der Waals surface area contributed by atoms with Crippen LogP contribution in [0.2, 0.25) is 0 Å². The predicted molar refractivity (Wildman–Crippen MR) is 56.7 cm³/mol. The molecule has 1 aromatic rings. The van der Waals surface area contributed by atoms with Crippen LogP contribution < -0.4 is 0 Å². The zero-order valence-electron chi connectivity index (χ0n) is 9.06. The molecule has 1 heterocycles. The standard InChI is InChI=1S/C10H12NO4S/c1-7(12)14-4-3-10(15-8(2)13)9-5-16-6-11-9/h5,10H,3-4H2,1-2H3. The highest BCUT2D eigenvalue weighted by atomic mass is 32.1. The van der Waals surface area contributed by atoms with Gasteiger partial charge in [0.2, 0.25) is 0 Å². The molecule has 0 saturated heterocycles. The second-order valence-electron chi connectivity index (χ2n) is 3.09. The van der Waals surface area contributed by atoms with Crippen molar-refractivity contribution in [1.82, 2.24) is 4.98 Å². The van der Waals surface area contributed by atoms with E-state index in [1.807, 2.05) is 0 Å². The van der Waals surface area contributed by atoms with Crippen LogP contribution in [0.4, 0.5) is 0 Å². The average molecular weight is 242 g/mol. The van der Waals surface area contributed by atoms with Crippen LogP contribution in [0.25, 0.3) is 0 Å². The van der Waals surface area contributed by atoms with Crippen LogP contribution in [0, 0.1) is 5.51 Å². The van der Waals surface area contributed by atoms with Crippen molar-refractivity contribution in [3.05, 3.63) is 16.6 Å². The number of thiazole rings is 1. The van der Waals surface area contributed by atoms with Crippen molar-refractivity contribution in [2.24, 2.45) is 0 Å². The van der Waals surface area contributed by atoms with Gasteiger partial charge in [-0.15, -0.1) is 11.3 Å². The minimum absolute atomic E-state index is 0.199. The quantitative estimate of drug-likeness (QED) is 0.732. The maximum absolute atomic E-state index is 10.9. The summed E-state index contributed by atoms with van der Waals surface area (Å²) < 4.78 is 9.86. The summed E-state index contributed by atoms with van der Waals surface area (Å²) in [4.78, 5) is 25.4. The molecule has 5 nitrogen and oxygen atoms in total. The highest BCUT2D eigenvalue weighted by Gasteiger charge is 2.17. The molecule has 0 N–H and O–H groups in total. The van der Waals surface area contributed by atoms with Crippen molar-refractivity contribution in [1.29, 1.82) is 0 Å². The molecule has 0 fully saturated rings. The fourth-order valence-electron chi connectivity index (χ4n) is 1.12. The Bertz CT molecular complexity index is 350. The molecule has 0 saturated carbocycles. The van der Waals surface area contributed by atoms with Crippen molar-refractivity contribution in [2.45, 2.75) is 26.4 Å². The van der Waals surface area contributed by atoms with E-state index in [4.69, 9.17) is 9.47 Å². The molecule has 1 radical (unpaired) electrons. The van der Waals surface area contributed by atoms with Gasteiger partial charge in [-0.2, -0.15) is 0 Å². The number of hydrogen-bond donors (Lipinski definition) is 0. The van der Waals surface area contributed by atoms with E-state index in [1.165, 1.54) is 25.2 Å². The molecule has 1 rings (SSSR count). The van der Waals surface area contributed by atoms with Crippen LogP contribution in [0.5, 0.6) is 0 Å². The Hall–Kier alpha value is -1.43. The van der Waals surface area contributed by atoms with Crippen molar-refractivity contribution in [3.8, 4) is 0 Å². The van der Waals surface area contributed by atoms with Gasteiger partial charge in [-0.3, -0.25) is 9.59 Å². The van der Waals surface area contributed by atoms with E-state index in [0.29, 0.717) is 12.1 Å². The zero-order valence-corrected chi connectivity index (χ0v) is 9.87. The van der Waals surface area contributed by atoms with E-state index in [-0.39, 0.29) is 18.5 Å². The molecule has 0 aromatic carbocycles. The van der Waals surface area contributed by atoms with Gasteiger partial charge in [-0.1, -0.05) is 0 Å². The molecule has 1 atom stereocenters. The van der Waals surface area contributed by atoms with Crippen molar-refractivity contribution < 1.29 is 19.1 Å². The Labute approximate surface area is 97.4 Å². The molecule has 87 valence electrons. The van der Waals surface area contributed by atoms with Gasteiger partial charge in [0.25, 0.3) is 0 Å². The first-order valence-electron chi connectivity index (χ1n) is 4.71. The molecular weight excluding hydrogens is 230 g/mol. The van der Waals surface area contributed by atoms with E-state index in [9.17, 15) is 9.59 Å². The molecule has 6 heteroatoms. The van der Waals surface area contributed by atoms with Crippen LogP contribution >= 0.6 is 11.3 Å². The number of ether oxygens (including phenoxy) is 2. The highest BCUT2D eigenvalue weighted by molar-refractivity contribution is 7.07. The number of carbonyl (C=O) groups excluding carboxylic acids is 2. The fourth-order valence-corrected chi connectivity index (χ4v) is 1.65. The van der Waals surface area contributed by atoms with Gasteiger partial charge in [-0.25, -0.2) is 4.98 Å². The molecule has 1 aromatic heterocycles. The van der Waals surface area contributed by atoms with Crippen LogP contribution in [-0.2, 0) is 19.1 Å². The van der Waals surface area contributed by atoms with Gasteiger partial charge in [0.15, 0.2) is 5.51 Å². The lowest BCUT2D eigenvalue weighted by Crippen LogP contribution is -2.12. The monoisotopic (exact) mass is 242 g/mol. The molecule has 0 bridgehead atoms. The lowest BCUT2D eigenvalue weighted by atomic mass is 10.2. The molecule has 0 spiro atoms. The van der Waals surface area contributed by atoms with Gasteiger partial charge < -0.3 is 9.47 Å². The summed E-state index contributed by atoms with van der Waals surface area (Å²) in [6.45, 7) is 2.86. The Morgan fingerprint density at radius 1 is 1.50 bits per heavy atom. The van der Waals surface area contributed by atoms with Gasteiger partial charge in [0.05, 0.1) is 12.3 Å². The van der Waals surface area contributed by atoms with Crippen LogP contribution in [0.3, 0.4) is 0 Å². The average Bonchev–Trinajstić information content (AvgIpc) is 2.67. The minimum atomic E-state index is -0.473. The Morgan fingerprint density at radius 3 is 2.75 bits per heavy atom. The molecular formula is C10H12NO4S. The first kappa shape index (κ1) is 12.6. The number of nitrogens with zero attached hydrogens (tertiary/aromatic N) is 1. The number of aromatic nitrogens is 1. The third-order valence-corrected chi connectivity index (χ3v) is 2.29. The second kappa shape index (κ2) is 6.22. The maximum atomic E-state index is 10.9. The third-order valence-electron chi connectivity index (χ3n) is 1.73. The van der Waals surface area contributed by atoms with Crippen molar-refractivity contribution >= 4 is 23.3 Å². The van der Waals surface area contributed by atoms with Crippen LogP contribution in [0.15, 0.2) is 5.38 Å². The summed E-state index contributed by atoms with van der Waals surface area (Å²) in [5, 5.41) is 1.75. The minimum Gasteiger partial charge on any atom is -0.466 e. The Morgan fingerprint density at radius 2 is 2.25 bits per heavy atom. The second-order valence-corrected chi connectivity index (χ2v) is 3.74. The van der Waals surface area contributed by atoms with Crippen LogP contribution in [0.1, 0.15) is 32.1 Å². The van der Waals surface area contributed by atoms with Crippen molar-refractivity contribution in [2.75, 3.05) is 6.61 Å². The number of rotatable bonds is 5. The lowest BCUT2D eigenvalue weighted by molar-refractivity contribution is -0.149. The SMILES string of the molecule is CC(=O)OCCC(OC(C)=O)c1cs[c]n1. The summed E-state index contributed by atoms with van der Waals surface area (Å²) in [6.07, 6.45) is -0.0733. The normalized spacial score (nSPS) is 11.9. The van der Waals surface area contributed by atoms with Gasteiger partial charge in [-0.05, 0) is 0 Å². The van der Waals surface area contributed by atoms with Crippen molar-refractivity contribution in [3.63, 3.8) is 0 Å². The van der Waals surface area contributed by atoms with E-state index in [0.717, 1.165) is 0 Å². The van der Waals surface area contributed by atoms with E-state index in [1.54, 1.807) is 5.38 Å². The molecule has 0 amide bonds. The maximum Gasteiger partial charge on any atom is 0.303 e. The van der Waals surface area contributed by atoms with Crippen LogP contribution in [-0.4, -0.2) is 23.5 Å². The lowest BCUT2D eigenvalue weighted by Gasteiger charge is -2.14. The Balaban J connectivity index is 2.51. The van der Waals surface area contributed by atoms with Gasteiger partial charge >= 0.3 is 11.9 Å². The number of carbonyl (C=O) groups is 2. The van der Waals surface area contributed by atoms with Gasteiger partial charge in [0, 0.05) is 25.6 Å².